The maximum atomic E-state index is 12.9. The molecule has 2 unspecified atom stereocenters. The molecule has 4 heteroatoms. The Morgan fingerprint density at radius 1 is 1.20 bits per heavy atom. The van der Waals surface area contributed by atoms with Gasteiger partial charge in [-0.25, -0.2) is 4.39 Å². The van der Waals surface area contributed by atoms with Crippen molar-refractivity contribution >= 4 is 0 Å². The Morgan fingerprint density at radius 3 is 2.80 bits per heavy atom. The molecule has 3 nitrogen and oxygen atoms in total. The van der Waals surface area contributed by atoms with Crippen LogP contribution in [0.25, 0.3) is 0 Å². The smallest absolute Gasteiger partial charge is 0.123 e. The highest BCUT2D eigenvalue weighted by Crippen LogP contribution is 2.22. The Hall–Kier alpha value is -0.970. The van der Waals surface area contributed by atoms with E-state index in [9.17, 15) is 4.39 Å². The number of hydrogen-bond donors (Lipinski definition) is 1. The number of nitrogens with two attached hydrogens (primary N) is 1. The van der Waals surface area contributed by atoms with Crippen LogP contribution in [0.3, 0.4) is 0 Å². The van der Waals surface area contributed by atoms with Crippen molar-refractivity contribution in [3.63, 3.8) is 0 Å². The van der Waals surface area contributed by atoms with Gasteiger partial charge in [0.1, 0.15) is 5.82 Å². The fourth-order valence-corrected chi connectivity index (χ4v) is 3.46. The van der Waals surface area contributed by atoms with Crippen LogP contribution in [0.15, 0.2) is 24.3 Å². The molecular formula is C16H24FN3. The monoisotopic (exact) mass is 277 g/mol. The Bertz CT molecular complexity index is 434. The Labute approximate surface area is 120 Å². The number of piperazine rings is 1. The second-order valence-electron chi connectivity index (χ2n) is 6.08. The standard InChI is InChI=1S/C16H24FN3/c17-14-5-3-13(4-6-14)16(18)7-9-19-10-11-20-8-1-2-15(20)12-19/h3-6,15-16H,1-2,7-12,18H2. The SMILES string of the molecule is NC(CCN1CCN2CCCC2C1)c1ccc(F)cc1. The molecule has 110 valence electrons. The van der Waals surface area contributed by atoms with E-state index >= 15 is 0 Å². The summed E-state index contributed by atoms with van der Waals surface area (Å²) >= 11 is 0. The molecule has 0 bridgehead atoms. The maximum absolute atomic E-state index is 12.9. The number of rotatable bonds is 4. The Balaban J connectivity index is 1.48. The molecule has 0 spiro atoms. The molecule has 1 aromatic rings. The van der Waals surface area contributed by atoms with Crippen LogP contribution >= 0.6 is 0 Å². The summed E-state index contributed by atoms with van der Waals surface area (Å²) in [6.07, 6.45) is 3.65. The lowest BCUT2D eigenvalue weighted by Crippen LogP contribution is -2.50. The van der Waals surface area contributed by atoms with Crippen LogP contribution in [0.4, 0.5) is 4.39 Å². The summed E-state index contributed by atoms with van der Waals surface area (Å²) in [7, 11) is 0. The van der Waals surface area contributed by atoms with Crippen molar-refractivity contribution in [2.24, 2.45) is 5.73 Å². The minimum atomic E-state index is -0.196. The molecule has 2 heterocycles. The highest BCUT2D eigenvalue weighted by molar-refractivity contribution is 5.19. The summed E-state index contributed by atoms with van der Waals surface area (Å²) in [6.45, 7) is 5.88. The van der Waals surface area contributed by atoms with Crippen LogP contribution in [0.2, 0.25) is 0 Å². The molecule has 20 heavy (non-hydrogen) atoms. The first kappa shape index (κ1) is 14.0. The van der Waals surface area contributed by atoms with Crippen molar-refractivity contribution in [1.29, 1.82) is 0 Å². The summed E-state index contributed by atoms with van der Waals surface area (Å²) in [5.74, 6) is -0.196. The average Bonchev–Trinajstić information content (AvgIpc) is 2.93. The van der Waals surface area contributed by atoms with Gasteiger partial charge in [-0.3, -0.25) is 4.90 Å². The number of halogens is 1. The number of benzene rings is 1. The van der Waals surface area contributed by atoms with Crippen LogP contribution in [-0.4, -0.2) is 48.6 Å². The Morgan fingerprint density at radius 2 is 2.00 bits per heavy atom. The van der Waals surface area contributed by atoms with E-state index in [1.807, 2.05) is 0 Å². The summed E-state index contributed by atoms with van der Waals surface area (Å²) in [6, 6.07) is 7.37. The first-order chi connectivity index (χ1) is 9.72. The van der Waals surface area contributed by atoms with E-state index in [2.05, 4.69) is 9.80 Å². The van der Waals surface area contributed by atoms with Gasteiger partial charge in [-0.1, -0.05) is 12.1 Å². The van der Waals surface area contributed by atoms with Gasteiger partial charge in [0.05, 0.1) is 0 Å². The van der Waals surface area contributed by atoms with E-state index < -0.39 is 0 Å². The largest absolute Gasteiger partial charge is 0.324 e. The average molecular weight is 277 g/mol. The molecule has 2 N–H and O–H groups in total. The molecule has 0 amide bonds. The third-order valence-electron chi connectivity index (χ3n) is 4.73. The predicted molar refractivity (Wildman–Crippen MR) is 79.0 cm³/mol. The number of hydrogen-bond acceptors (Lipinski definition) is 3. The molecule has 0 aliphatic carbocycles. The van der Waals surface area contributed by atoms with Gasteiger partial charge in [-0.2, -0.15) is 0 Å². The molecular weight excluding hydrogens is 253 g/mol. The summed E-state index contributed by atoms with van der Waals surface area (Å²) in [5, 5.41) is 0. The fourth-order valence-electron chi connectivity index (χ4n) is 3.46. The van der Waals surface area contributed by atoms with Crippen LogP contribution in [0, 0.1) is 5.82 Å². The van der Waals surface area contributed by atoms with Crippen molar-refractivity contribution in [3.05, 3.63) is 35.6 Å². The lowest BCUT2D eigenvalue weighted by Gasteiger charge is -2.37. The van der Waals surface area contributed by atoms with E-state index in [1.54, 1.807) is 12.1 Å². The van der Waals surface area contributed by atoms with Crippen molar-refractivity contribution in [2.45, 2.75) is 31.3 Å². The van der Waals surface area contributed by atoms with E-state index in [0.717, 1.165) is 31.1 Å². The van der Waals surface area contributed by atoms with Gasteiger partial charge in [0, 0.05) is 38.3 Å². The van der Waals surface area contributed by atoms with Crippen LogP contribution < -0.4 is 5.73 Å². The van der Waals surface area contributed by atoms with E-state index in [0.29, 0.717) is 0 Å². The minimum Gasteiger partial charge on any atom is -0.324 e. The van der Waals surface area contributed by atoms with Crippen LogP contribution in [0.5, 0.6) is 0 Å². The number of fused-ring (bicyclic) bond motifs is 1. The van der Waals surface area contributed by atoms with Crippen molar-refractivity contribution in [3.8, 4) is 0 Å². The molecule has 2 aliphatic rings. The molecule has 3 rings (SSSR count). The molecule has 0 saturated carbocycles. The zero-order chi connectivity index (χ0) is 13.9. The minimum absolute atomic E-state index is 0.0113. The normalized spacial score (nSPS) is 25.6. The third kappa shape index (κ3) is 3.19. The molecule has 0 aromatic heterocycles. The summed E-state index contributed by atoms with van der Waals surface area (Å²) in [5.41, 5.74) is 7.24. The van der Waals surface area contributed by atoms with E-state index in [-0.39, 0.29) is 11.9 Å². The predicted octanol–water partition coefficient (Wildman–Crippen LogP) is 2.00. The summed E-state index contributed by atoms with van der Waals surface area (Å²) in [4.78, 5) is 5.16. The van der Waals surface area contributed by atoms with E-state index in [1.165, 1.54) is 44.6 Å². The lowest BCUT2D eigenvalue weighted by molar-refractivity contribution is 0.102. The van der Waals surface area contributed by atoms with Gasteiger partial charge in [-0.05, 0) is 43.5 Å². The molecule has 2 atom stereocenters. The van der Waals surface area contributed by atoms with E-state index in [4.69, 9.17) is 5.73 Å². The molecule has 1 aromatic carbocycles. The van der Waals surface area contributed by atoms with Crippen LogP contribution in [-0.2, 0) is 0 Å². The molecule has 2 aliphatic heterocycles. The van der Waals surface area contributed by atoms with Gasteiger partial charge in [0.25, 0.3) is 0 Å². The zero-order valence-electron chi connectivity index (χ0n) is 12.0. The summed E-state index contributed by atoms with van der Waals surface area (Å²) < 4.78 is 12.9. The van der Waals surface area contributed by atoms with Crippen LogP contribution in [0.1, 0.15) is 30.9 Å². The lowest BCUT2D eigenvalue weighted by atomic mass is 10.0. The first-order valence-electron chi connectivity index (χ1n) is 7.70. The van der Waals surface area contributed by atoms with Crippen molar-refractivity contribution in [1.82, 2.24) is 9.80 Å². The van der Waals surface area contributed by atoms with Gasteiger partial charge < -0.3 is 10.6 Å². The van der Waals surface area contributed by atoms with Gasteiger partial charge in [0.2, 0.25) is 0 Å². The van der Waals surface area contributed by atoms with Gasteiger partial charge in [0.15, 0.2) is 0 Å². The molecule has 2 saturated heterocycles. The molecule has 2 fully saturated rings. The fraction of sp³-hybridized carbons (Fsp3) is 0.625. The third-order valence-corrected chi connectivity index (χ3v) is 4.73. The quantitative estimate of drug-likeness (QED) is 0.913. The second-order valence-corrected chi connectivity index (χ2v) is 6.08. The second kappa shape index (κ2) is 6.20. The van der Waals surface area contributed by atoms with Gasteiger partial charge in [-0.15, -0.1) is 0 Å². The highest BCUT2D eigenvalue weighted by atomic mass is 19.1. The molecule has 0 radical (unpaired) electrons. The first-order valence-corrected chi connectivity index (χ1v) is 7.70. The van der Waals surface area contributed by atoms with Gasteiger partial charge >= 0.3 is 0 Å². The van der Waals surface area contributed by atoms with Crippen molar-refractivity contribution < 1.29 is 4.39 Å². The Kier molecular flexibility index (Phi) is 4.34. The maximum Gasteiger partial charge on any atom is 0.123 e. The zero-order valence-corrected chi connectivity index (χ0v) is 12.0. The van der Waals surface area contributed by atoms with Crippen molar-refractivity contribution in [2.75, 3.05) is 32.7 Å². The highest BCUT2D eigenvalue weighted by Gasteiger charge is 2.30. The topological polar surface area (TPSA) is 32.5 Å². The number of nitrogens with zero attached hydrogens (tertiary/aromatic N) is 2.